The summed E-state index contributed by atoms with van der Waals surface area (Å²) in [5.74, 6) is 1.08. The fraction of sp³-hybridized carbons (Fsp3) is 0.278. The molecule has 0 heterocycles. The lowest BCUT2D eigenvalue weighted by atomic mass is 10.1. The zero-order valence-electron chi connectivity index (χ0n) is 15.6. The molecule has 0 unspecified atom stereocenters. The summed E-state index contributed by atoms with van der Waals surface area (Å²) < 4.78 is 36.0. The van der Waals surface area contributed by atoms with Crippen molar-refractivity contribution >= 4 is 51.7 Å². The molecule has 0 aromatic heterocycles. The molecule has 0 aliphatic heterocycles. The summed E-state index contributed by atoms with van der Waals surface area (Å²) in [6, 6.07) is 11.1. The molecule has 0 bridgehead atoms. The predicted molar refractivity (Wildman–Crippen MR) is 124 cm³/mol. The van der Waals surface area contributed by atoms with E-state index in [0.29, 0.717) is 19.0 Å². The minimum atomic E-state index is -3.69. The largest absolute Gasteiger partial charge is 0.352 e. The van der Waals surface area contributed by atoms with Gasteiger partial charge in [-0.15, -0.1) is 24.0 Å². The maximum Gasteiger partial charge on any atom is 0.238 e. The molecule has 0 fully saturated rings. The van der Waals surface area contributed by atoms with Crippen LogP contribution in [0.25, 0.3) is 0 Å². The van der Waals surface area contributed by atoms with Gasteiger partial charge in [0.15, 0.2) is 5.96 Å². The van der Waals surface area contributed by atoms with Gasteiger partial charge in [-0.05, 0) is 47.2 Å². The Morgan fingerprint density at radius 2 is 1.75 bits per heavy atom. The molecule has 0 amide bonds. The van der Waals surface area contributed by atoms with Gasteiger partial charge in [0.2, 0.25) is 10.0 Å². The smallest absolute Gasteiger partial charge is 0.238 e. The van der Waals surface area contributed by atoms with Crippen molar-refractivity contribution in [2.45, 2.75) is 23.7 Å². The van der Waals surface area contributed by atoms with Crippen molar-refractivity contribution in [3.63, 3.8) is 0 Å². The van der Waals surface area contributed by atoms with E-state index in [-0.39, 0.29) is 34.7 Å². The third-order valence-electron chi connectivity index (χ3n) is 3.85. The van der Waals surface area contributed by atoms with Crippen LogP contribution < -0.4 is 15.8 Å². The van der Waals surface area contributed by atoms with Crippen molar-refractivity contribution < 1.29 is 12.8 Å². The molecular weight excluding hydrogens is 514 g/mol. The van der Waals surface area contributed by atoms with Crippen LogP contribution in [0.1, 0.15) is 16.7 Å². The molecule has 0 radical (unpaired) electrons. The Morgan fingerprint density at radius 3 is 2.32 bits per heavy atom. The molecule has 0 saturated carbocycles. The molecule has 28 heavy (non-hydrogen) atoms. The summed E-state index contributed by atoms with van der Waals surface area (Å²) in [5, 5.41) is 11.4. The van der Waals surface area contributed by atoms with Crippen LogP contribution in [0.4, 0.5) is 4.39 Å². The van der Waals surface area contributed by atoms with E-state index in [0.717, 1.165) is 22.4 Å². The first-order valence-electron chi connectivity index (χ1n) is 8.16. The van der Waals surface area contributed by atoms with Gasteiger partial charge in [-0.2, -0.15) is 11.8 Å². The van der Waals surface area contributed by atoms with E-state index in [4.69, 9.17) is 5.14 Å². The molecule has 10 heteroatoms. The monoisotopic (exact) mass is 538 g/mol. The Balaban J connectivity index is 0.00000392. The van der Waals surface area contributed by atoms with Gasteiger partial charge in [-0.25, -0.2) is 17.9 Å². The molecule has 0 aliphatic carbocycles. The normalized spacial score (nSPS) is 11.6. The van der Waals surface area contributed by atoms with E-state index in [1.54, 1.807) is 43.1 Å². The maximum absolute atomic E-state index is 13.4. The van der Waals surface area contributed by atoms with Crippen LogP contribution in [0.5, 0.6) is 0 Å². The van der Waals surface area contributed by atoms with Crippen molar-refractivity contribution in [2.75, 3.05) is 13.3 Å². The number of rotatable bonds is 7. The number of benzene rings is 2. The predicted octanol–water partition coefficient (Wildman–Crippen LogP) is 2.82. The molecule has 2 aromatic rings. The third-order valence-corrected chi connectivity index (χ3v) is 5.38. The summed E-state index contributed by atoms with van der Waals surface area (Å²) in [5.41, 5.74) is 2.84. The van der Waals surface area contributed by atoms with Crippen LogP contribution in [0, 0.1) is 5.82 Å². The number of primary sulfonamides is 1. The number of sulfonamides is 1. The minimum Gasteiger partial charge on any atom is -0.352 e. The van der Waals surface area contributed by atoms with Crippen LogP contribution in [0.15, 0.2) is 52.4 Å². The van der Waals surface area contributed by atoms with Crippen LogP contribution in [-0.4, -0.2) is 27.7 Å². The second-order valence-electron chi connectivity index (χ2n) is 5.81. The van der Waals surface area contributed by atoms with Gasteiger partial charge in [0.25, 0.3) is 0 Å². The molecule has 4 N–H and O–H groups in total. The molecule has 154 valence electrons. The van der Waals surface area contributed by atoms with Gasteiger partial charge in [-0.3, -0.25) is 4.99 Å². The zero-order chi connectivity index (χ0) is 19.9. The summed E-state index contributed by atoms with van der Waals surface area (Å²) in [7, 11) is -2.03. The van der Waals surface area contributed by atoms with Crippen molar-refractivity contribution in [3.8, 4) is 0 Å². The molecule has 2 rings (SSSR count). The number of nitrogens with zero attached hydrogens (tertiary/aromatic N) is 1. The first-order valence-corrected chi connectivity index (χ1v) is 11.1. The van der Waals surface area contributed by atoms with Crippen molar-refractivity contribution in [3.05, 3.63) is 65.0 Å². The maximum atomic E-state index is 13.4. The lowest BCUT2D eigenvalue weighted by Gasteiger charge is -2.14. The minimum absolute atomic E-state index is 0. The molecule has 6 nitrogen and oxygen atoms in total. The standard InChI is InChI=1S/C18H23FN4O2S2.HI/c1-21-18(22-10-13-3-7-17(8-4-13)27(20,24)25)23-11-14-5-6-16(19)9-15(14)12-26-2;/h3-9H,10-12H2,1-2H3,(H2,20,24,25)(H2,21,22,23);1H. The topological polar surface area (TPSA) is 96.6 Å². The fourth-order valence-corrected chi connectivity index (χ4v) is 3.53. The lowest BCUT2D eigenvalue weighted by molar-refractivity contribution is 0.597. The second kappa shape index (κ2) is 11.6. The Labute approximate surface area is 186 Å². The third kappa shape index (κ3) is 7.57. The molecule has 2 aromatic carbocycles. The number of thioether (sulfide) groups is 1. The molecule has 0 saturated heterocycles. The highest BCUT2D eigenvalue weighted by atomic mass is 127. The number of halogens is 2. The average molecular weight is 538 g/mol. The number of guanidine groups is 1. The van der Waals surface area contributed by atoms with Gasteiger partial charge in [0, 0.05) is 25.9 Å². The Morgan fingerprint density at radius 1 is 1.11 bits per heavy atom. The van der Waals surface area contributed by atoms with Crippen molar-refractivity contribution in [2.24, 2.45) is 10.1 Å². The summed E-state index contributed by atoms with van der Waals surface area (Å²) in [6.07, 6.45) is 1.98. The first kappa shape index (κ1) is 24.7. The van der Waals surface area contributed by atoms with E-state index in [9.17, 15) is 12.8 Å². The Bertz CT molecular complexity index is 906. The first-order chi connectivity index (χ1) is 12.8. The highest BCUT2D eigenvalue weighted by Gasteiger charge is 2.08. The number of nitrogens with one attached hydrogen (secondary N) is 2. The SMILES string of the molecule is CN=C(NCc1ccc(S(N)(=O)=O)cc1)NCc1ccc(F)cc1CSC.I. The van der Waals surface area contributed by atoms with Crippen LogP contribution in [-0.2, 0) is 28.9 Å². The average Bonchev–Trinajstić information content (AvgIpc) is 2.63. The summed E-state index contributed by atoms with van der Waals surface area (Å²) in [4.78, 5) is 4.24. The van der Waals surface area contributed by atoms with E-state index in [1.165, 1.54) is 18.2 Å². The van der Waals surface area contributed by atoms with Crippen LogP contribution in [0.2, 0.25) is 0 Å². The molecule has 0 spiro atoms. The fourth-order valence-electron chi connectivity index (χ4n) is 2.44. The van der Waals surface area contributed by atoms with Gasteiger partial charge < -0.3 is 10.6 Å². The van der Waals surface area contributed by atoms with E-state index in [1.807, 2.05) is 6.26 Å². The molecular formula is C18H24FIN4O2S2. The Hall–Kier alpha value is -1.37. The number of hydrogen-bond donors (Lipinski definition) is 3. The number of hydrogen-bond acceptors (Lipinski definition) is 4. The molecule has 0 atom stereocenters. The lowest BCUT2D eigenvalue weighted by Crippen LogP contribution is -2.36. The van der Waals surface area contributed by atoms with Crippen molar-refractivity contribution in [1.82, 2.24) is 10.6 Å². The van der Waals surface area contributed by atoms with E-state index >= 15 is 0 Å². The number of aliphatic imine (C=N–C) groups is 1. The zero-order valence-corrected chi connectivity index (χ0v) is 19.6. The highest BCUT2D eigenvalue weighted by Crippen LogP contribution is 2.16. The summed E-state index contributed by atoms with van der Waals surface area (Å²) >= 11 is 1.64. The quantitative estimate of drug-likeness (QED) is 0.286. The van der Waals surface area contributed by atoms with Gasteiger partial charge >= 0.3 is 0 Å². The molecule has 0 aliphatic rings. The van der Waals surface area contributed by atoms with E-state index < -0.39 is 10.0 Å². The number of nitrogens with two attached hydrogens (primary N) is 1. The van der Waals surface area contributed by atoms with Gasteiger partial charge in [0.1, 0.15) is 5.82 Å². The van der Waals surface area contributed by atoms with E-state index in [2.05, 4.69) is 15.6 Å². The Kier molecular flexibility index (Phi) is 10.2. The van der Waals surface area contributed by atoms with Crippen LogP contribution >= 0.6 is 35.7 Å². The summed E-state index contributed by atoms with van der Waals surface area (Å²) in [6.45, 7) is 0.978. The van der Waals surface area contributed by atoms with Crippen LogP contribution in [0.3, 0.4) is 0 Å². The highest BCUT2D eigenvalue weighted by molar-refractivity contribution is 14.0. The van der Waals surface area contributed by atoms with Crippen molar-refractivity contribution in [1.29, 1.82) is 0 Å². The van der Waals surface area contributed by atoms with Gasteiger partial charge in [-0.1, -0.05) is 18.2 Å². The second-order valence-corrected chi connectivity index (χ2v) is 8.24. The van der Waals surface area contributed by atoms with Gasteiger partial charge in [0.05, 0.1) is 4.90 Å².